The number of aliphatic hydroxyl groups is 1. The molecule has 0 spiro atoms. The summed E-state index contributed by atoms with van der Waals surface area (Å²) in [5.41, 5.74) is 0.436. The summed E-state index contributed by atoms with van der Waals surface area (Å²) in [5, 5.41) is 9.96. The number of fused-ring (bicyclic) bond motifs is 1. The van der Waals surface area contributed by atoms with Crippen molar-refractivity contribution in [3.05, 3.63) is 29.8 Å². The molecule has 0 fully saturated rings. The van der Waals surface area contributed by atoms with Crippen molar-refractivity contribution in [1.29, 1.82) is 0 Å². The van der Waals surface area contributed by atoms with Gasteiger partial charge in [0.05, 0.1) is 7.47 Å². The highest BCUT2D eigenvalue weighted by Gasteiger charge is 2.19. The van der Waals surface area contributed by atoms with Crippen LogP contribution in [0, 0.1) is 5.41 Å². The molecule has 0 saturated carbocycles. The molecule has 3 heteroatoms. The van der Waals surface area contributed by atoms with Gasteiger partial charge < -0.3 is 14.6 Å². The first-order valence-electron chi connectivity index (χ1n) is 6.14. The highest BCUT2D eigenvalue weighted by molar-refractivity contribution is 5.56. The van der Waals surface area contributed by atoms with E-state index in [0.717, 1.165) is 0 Å². The quantitative estimate of drug-likeness (QED) is 0.856. The average Bonchev–Trinajstić information content (AvgIpc) is 2.74. The monoisotopic (exact) mass is 235 g/mol. The van der Waals surface area contributed by atoms with Gasteiger partial charge in [0.2, 0.25) is 6.79 Å². The second-order valence-corrected chi connectivity index (χ2v) is 5.19. The topological polar surface area (TPSA) is 38.7 Å². The van der Waals surface area contributed by atoms with Gasteiger partial charge in [-0.1, -0.05) is 39.0 Å². The Morgan fingerprint density at radius 3 is 2.76 bits per heavy atom. The van der Waals surface area contributed by atoms with E-state index in [0.29, 0.717) is 17.1 Å². The highest BCUT2D eigenvalue weighted by atomic mass is 16.7. The van der Waals surface area contributed by atoms with Crippen LogP contribution < -0.4 is 9.47 Å². The van der Waals surface area contributed by atoms with Gasteiger partial charge >= 0.3 is 0 Å². The van der Waals surface area contributed by atoms with Crippen LogP contribution in [0.4, 0.5) is 0 Å². The Hall–Kier alpha value is -1.48. The van der Waals surface area contributed by atoms with Gasteiger partial charge in [-0.25, -0.2) is 0 Å². The first-order chi connectivity index (χ1) is 8.38. The van der Waals surface area contributed by atoms with Gasteiger partial charge in [0, 0.05) is 0 Å². The Labute approximate surface area is 103 Å². The smallest absolute Gasteiger partial charge is 0.231 e. The molecule has 1 unspecified atom stereocenters. The number of hydrogen-bond acceptors (Lipinski definition) is 3. The normalized spacial score (nSPS) is 17.9. The predicted molar refractivity (Wildman–Crippen MR) is 67.1 cm³/mol. The third-order valence-electron chi connectivity index (χ3n) is 2.67. The summed E-state index contributed by atoms with van der Waals surface area (Å²) in [7, 11) is 0. The lowest BCUT2D eigenvalue weighted by molar-refractivity contribution is 0.106. The largest absolute Gasteiger partial charge is 0.454 e. The Morgan fingerprint density at radius 2 is 2.06 bits per heavy atom. The lowest BCUT2D eigenvalue weighted by Crippen LogP contribution is -2.23. The fraction of sp³-hybridized carbons (Fsp3) is 0.429. The van der Waals surface area contributed by atoms with Crippen molar-refractivity contribution in [2.75, 3.05) is 6.79 Å². The molecule has 0 aromatic heterocycles. The highest BCUT2D eigenvalue weighted by Crippen LogP contribution is 2.33. The van der Waals surface area contributed by atoms with Crippen LogP contribution in [0.1, 0.15) is 27.7 Å². The molecule has 1 atom stereocenters. The Balaban J connectivity index is 2.24. The predicted octanol–water partition coefficient (Wildman–Crippen LogP) is 2.84. The van der Waals surface area contributed by atoms with E-state index in [4.69, 9.17) is 10.8 Å². The molecule has 17 heavy (non-hydrogen) atoms. The van der Waals surface area contributed by atoms with Crippen LogP contribution in [0.15, 0.2) is 24.3 Å². The minimum absolute atomic E-state index is 0.223. The molecule has 0 radical (unpaired) electrons. The maximum atomic E-state index is 9.96. The zero-order valence-corrected chi connectivity index (χ0v) is 10.4. The van der Waals surface area contributed by atoms with Gasteiger partial charge in [-0.2, -0.15) is 0 Å². The fourth-order valence-corrected chi connectivity index (χ4v) is 1.41. The second-order valence-electron chi connectivity index (χ2n) is 5.19. The van der Waals surface area contributed by atoms with Crippen LogP contribution in [0.2, 0.25) is 0 Å². The minimum atomic E-state index is -0.657. The van der Waals surface area contributed by atoms with Crippen molar-refractivity contribution in [3.63, 3.8) is 0 Å². The average molecular weight is 235 g/mol. The zero-order chi connectivity index (χ0) is 13.3. The number of benzene rings is 1. The van der Waals surface area contributed by atoms with Gasteiger partial charge in [-0.05, 0) is 23.1 Å². The molecular weight excluding hydrogens is 216 g/mol. The number of aliphatic hydroxyl groups excluding tert-OH is 1. The van der Waals surface area contributed by atoms with E-state index in [2.05, 4.69) is 0 Å². The molecule has 92 valence electrons. The number of ether oxygens (including phenoxy) is 2. The van der Waals surface area contributed by atoms with Crippen LogP contribution in [-0.4, -0.2) is 18.0 Å². The van der Waals surface area contributed by atoms with Crippen LogP contribution in [0.25, 0.3) is 6.05 Å². The van der Waals surface area contributed by atoms with Crippen molar-refractivity contribution in [1.82, 2.24) is 0 Å². The summed E-state index contributed by atoms with van der Waals surface area (Å²) in [6, 6.07) is 5.62. The van der Waals surface area contributed by atoms with E-state index in [1.807, 2.05) is 20.8 Å². The molecule has 2 rings (SSSR count). The Morgan fingerprint density at radius 1 is 1.35 bits per heavy atom. The van der Waals surface area contributed by atoms with Gasteiger partial charge in [0.1, 0.15) is 0 Å². The van der Waals surface area contributed by atoms with Gasteiger partial charge in [-0.15, -0.1) is 0 Å². The summed E-state index contributed by atoms with van der Waals surface area (Å²) in [6.45, 7) is 6.02. The third-order valence-corrected chi connectivity index (χ3v) is 2.67. The molecule has 0 bridgehead atoms. The summed E-state index contributed by atoms with van der Waals surface area (Å²) >= 11 is 0. The van der Waals surface area contributed by atoms with Crippen molar-refractivity contribution >= 4 is 6.05 Å². The summed E-state index contributed by atoms with van der Waals surface area (Å²) < 4.78 is 18.5. The summed E-state index contributed by atoms with van der Waals surface area (Å²) in [6.07, 6.45) is 0.896. The first kappa shape index (κ1) is 10.7. The van der Waals surface area contributed by atoms with Gasteiger partial charge in [-0.3, -0.25) is 0 Å². The van der Waals surface area contributed by atoms with Crippen LogP contribution in [0.5, 0.6) is 11.5 Å². The van der Waals surface area contributed by atoms with Crippen LogP contribution in [-0.2, 0) is 0 Å². The third kappa shape index (κ3) is 2.80. The summed E-state index contributed by atoms with van der Waals surface area (Å²) in [4.78, 5) is 0. The molecule has 0 saturated heterocycles. The van der Waals surface area contributed by atoms with Crippen LogP contribution >= 0.6 is 0 Å². The molecule has 1 aliphatic heterocycles. The molecule has 1 aromatic carbocycles. The summed E-state index contributed by atoms with van der Waals surface area (Å²) in [5.74, 6) is 1.35. The minimum Gasteiger partial charge on any atom is -0.454 e. The molecule has 0 aliphatic carbocycles. The Kier molecular flexibility index (Phi) is 2.77. The van der Waals surface area contributed by atoms with Crippen molar-refractivity contribution in [3.8, 4) is 11.5 Å². The van der Waals surface area contributed by atoms with Crippen molar-refractivity contribution < 1.29 is 16.0 Å². The maximum Gasteiger partial charge on any atom is 0.231 e. The first-order valence-corrected chi connectivity index (χ1v) is 5.64. The lowest BCUT2D eigenvalue weighted by atomic mass is 9.89. The standard InChI is InChI=1S/C14H18O3/c1-14(2,3)13(15)7-5-10-4-6-11-12(8-10)17-9-16-11/h4-8,13,15H,9H2,1-3H3/b7-5+/i5D. The second kappa shape index (κ2) is 4.41. The molecule has 3 nitrogen and oxygen atoms in total. The van der Waals surface area contributed by atoms with E-state index < -0.39 is 6.10 Å². The number of hydrogen-bond donors (Lipinski definition) is 1. The number of rotatable bonds is 2. The molecule has 1 N–H and O–H groups in total. The van der Waals surface area contributed by atoms with E-state index in [1.54, 1.807) is 24.3 Å². The zero-order valence-electron chi connectivity index (χ0n) is 11.4. The maximum absolute atomic E-state index is 9.96. The Bertz CT molecular complexity index is 474. The van der Waals surface area contributed by atoms with Gasteiger partial charge in [0.25, 0.3) is 0 Å². The molecule has 0 amide bonds. The molecule has 1 aliphatic rings. The van der Waals surface area contributed by atoms with Gasteiger partial charge in [0.15, 0.2) is 11.5 Å². The van der Waals surface area contributed by atoms with E-state index >= 15 is 0 Å². The van der Waals surface area contributed by atoms with Crippen molar-refractivity contribution in [2.24, 2.45) is 5.41 Å². The molecule has 1 aromatic rings. The van der Waals surface area contributed by atoms with E-state index in [9.17, 15) is 5.11 Å². The van der Waals surface area contributed by atoms with Crippen molar-refractivity contribution in [2.45, 2.75) is 26.9 Å². The SMILES string of the molecule is [2H]/C(=C\C(O)C(C)(C)C)c1ccc2c(c1)OCO2. The molecule has 1 heterocycles. The van der Waals surface area contributed by atoms with E-state index in [1.165, 1.54) is 0 Å². The van der Waals surface area contributed by atoms with Crippen LogP contribution in [0.3, 0.4) is 0 Å². The molecular formula is C14H18O3. The lowest BCUT2D eigenvalue weighted by Gasteiger charge is -2.22. The fourth-order valence-electron chi connectivity index (χ4n) is 1.41. The van der Waals surface area contributed by atoms with E-state index in [-0.39, 0.29) is 18.3 Å².